The fourth-order valence-corrected chi connectivity index (χ4v) is 0.809. The van der Waals surface area contributed by atoms with Crippen LogP contribution in [0, 0.1) is 10.8 Å². The summed E-state index contributed by atoms with van der Waals surface area (Å²) in [4.78, 5) is 20.9. The van der Waals surface area contributed by atoms with Crippen molar-refractivity contribution < 1.29 is 24.5 Å². The highest BCUT2D eigenvalue weighted by Crippen LogP contribution is 2.21. The summed E-state index contributed by atoms with van der Waals surface area (Å²) < 4.78 is 4.88. The first-order valence-corrected chi connectivity index (χ1v) is 6.58. The normalized spacial score (nSPS) is 11.2. The van der Waals surface area contributed by atoms with E-state index in [0.717, 1.165) is 6.29 Å². The average molecular weight is 288 g/mol. The molecule has 0 spiro atoms. The lowest BCUT2D eigenvalue weighted by Crippen LogP contribution is -2.35. The summed E-state index contributed by atoms with van der Waals surface area (Å²) in [6, 6.07) is 0. The summed E-state index contributed by atoms with van der Waals surface area (Å²) in [5, 5.41) is 18.1. The molecule has 0 radical (unpaired) electrons. The zero-order valence-electron chi connectivity index (χ0n) is 13.2. The predicted octanol–water partition coefficient (Wildman–Crippen LogP) is 1.72. The second-order valence-electron chi connectivity index (χ2n) is 6.01. The van der Waals surface area contributed by atoms with Gasteiger partial charge in [-0.25, -0.2) is 4.79 Å². The van der Waals surface area contributed by atoms with E-state index in [9.17, 15) is 9.59 Å². The number of esters is 1. The molecule has 0 aromatic carbocycles. The highest BCUT2D eigenvalue weighted by molar-refractivity contribution is 5.86. The van der Waals surface area contributed by atoms with E-state index < -0.39 is 11.4 Å². The number of aliphatic hydroxyl groups excluding tert-OH is 2. The first-order valence-electron chi connectivity index (χ1n) is 6.58. The van der Waals surface area contributed by atoms with Gasteiger partial charge >= 0.3 is 5.97 Å². The van der Waals surface area contributed by atoms with Crippen molar-refractivity contribution in [3.63, 3.8) is 0 Å². The number of hydrogen-bond donors (Lipinski definition) is 2. The smallest absolute Gasteiger partial charge is 0.333 e. The quantitative estimate of drug-likeness (QED) is 0.442. The van der Waals surface area contributed by atoms with Gasteiger partial charge in [0.1, 0.15) is 12.9 Å². The summed E-state index contributed by atoms with van der Waals surface area (Å²) in [7, 11) is 0. The summed E-state index contributed by atoms with van der Waals surface area (Å²) in [5.74, 6) is -0.496. The first-order chi connectivity index (χ1) is 9.07. The zero-order chi connectivity index (χ0) is 16.4. The van der Waals surface area contributed by atoms with Gasteiger partial charge in [-0.05, 0) is 13.3 Å². The van der Waals surface area contributed by atoms with Gasteiger partial charge < -0.3 is 19.7 Å². The minimum Gasteiger partial charge on any atom is -0.462 e. The fraction of sp³-hybridized carbons (Fsp3) is 0.733. The number of aldehydes is 1. The van der Waals surface area contributed by atoms with Gasteiger partial charge in [0.05, 0.1) is 18.6 Å². The van der Waals surface area contributed by atoms with E-state index in [1.807, 2.05) is 27.7 Å². The van der Waals surface area contributed by atoms with Crippen molar-refractivity contribution in [2.75, 3.05) is 19.8 Å². The van der Waals surface area contributed by atoms with Crippen LogP contribution >= 0.6 is 0 Å². The van der Waals surface area contributed by atoms with E-state index in [0.29, 0.717) is 12.0 Å². The maximum atomic E-state index is 11.1. The Morgan fingerprint density at radius 2 is 1.65 bits per heavy atom. The maximum Gasteiger partial charge on any atom is 0.333 e. The van der Waals surface area contributed by atoms with E-state index in [1.165, 1.54) is 0 Å². The highest BCUT2D eigenvalue weighted by Gasteiger charge is 2.28. The second-order valence-corrected chi connectivity index (χ2v) is 6.01. The SMILES string of the molecule is C=C(C)C(=O)OCC(CC)(CO)CO.CC(C)(C)C=O. The van der Waals surface area contributed by atoms with E-state index in [-0.39, 0.29) is 25.2 Å². The molecule has 118 valence electrons. The molecule has 0 amide bonds. The average Bonchev–Trinajstić information content (AvgIpc) is 2.40. The van der Waals surface area contributed by atoms with Crippen LogP contribution in [0.25, 0.3) is 0 Å². The number of rotatable bonds is 6. The molecule has 5 heteroatoms. The van der Waals surface area contributed by atoms with Crippen LogP contribution in [0.1, 0.15) is 41.0 Å². The van der Waals surface area contributed by atoms with E-state index in [4.69, 9.17) is 14.9 Å². The second kappa shape index (κ2) is 9.66. The molecule has 0 atom stereocenters. The number of carbonyl (C=O) groups excluding carboxylic acids is 2. The van der Waals surface area contributed by atoms with E-state index >= 15 is 0 Å². The van der Waals surface area contributed by atoms with Crippen molar-refractivity contribution in [2.45, 2.75) is 41.0 Å². The number of aliphatic hydroxyl groups is 2. The zero-order valence-corrected chi connectivity index (χ0v) is 13.2. The maximum absolute atomic E-state index is 11.1. The largest absolute Gasteiger partial charge is 0.462 e. The van der Waals surface area contributed by atoms with Crippen LogP contribution in [0.15, 0.2) is 12.2 Å². The standard InChI is InChI=1S/C10H18O4.C5H10O/c1-4-10(5-11,6-12)7-14-9(13)8(2)3;1-5(2,3)4-6/h11-12H,2,4-7H2,1,3H3;4H,1-3H3. The Morgan fingerprint density at radius 1 is 1.25 bits per heavy atom. The van der Waals surface area contributed by atoms with Crippen molar-refractivity contribution in [3.8, 4) is 0 Å². The molecule has 0 aromatic heterocycles. The molecular formula is C15H28O5. The van der Waals surface area contributed by atoms with Gasteiger partial charge in [0, 0.05) is 11.0 Å². The Morgan fingerprint density at radius 3 is 1.85 bits per heavy atom. The molecule has 0 aliphatic carbocycles. The fourth-order valence-electron chi connectivity index (χ4n) is 0.809. The molecule has 0 unspecified atom stereocenters. The predicted molar refractivity (Wildman–Crippen MR) is 78.2 cm³/mol. The summed E-state index contributed by atoms with van der Waals surface area (Å²) in [5.41, 5.74) is -0.559. The molecule has 2 N–H and O–H groups in total. The minimum atomic E-state index is -0.731. The summed E-state index contributed by atoms with van der Waals surface area (Å²) in [6.45, 7) is 12.0. The number of carbonyl (C=O) groups is 2. The summed E-state index contributed by atoms with van der Waals surface area (Å²) in [6.07, 6.45) is 1.48. The Bertz CT molecular complexity index is 302. The van der Waals surface area contributed by atoms with Gasteiger partial charge in [-0.3, -0.25) is 0 Å². The Labute approximate surface area is 121 Å². The molecule has 0 rings (SSSR count). The lowest BCUT2D eigenvalue weighted by atomic mass is 9.88. The molecule has 0 aliphatic heterocycles. The van der Waals surface area contributed by atoms with E-state index in [2.05, 4.69) is 6.58 Å². The van der Waals surface area contributed by atoms with Crippen molar-refractivity contribution in [1.82, 2.24) is 0 Å². The van der Waals surface area contributed by atoms with Gasteiger partial charge in [0.15, 0.2) is 0 Å². The molecule has 0 aliphatic rings. The highest BCUT2D eigenvalue weighted by atomic mass is 16.5. The molecule has 0 bridgehead atoms. The first kappa shape index (κ1) is 21.1. The van der Waals surface area contributed by atoms with Crippen LogP contribution in [-0.2, 0) is 14.3 Å². The van der Waals surface area contributed by atoms with Crippen LogP contribution < -0.4 is 0 Å². The third-order valence-electron chi connectivity index (χ3n) is 2.63. The van der Waals surface area contributed by atoms with Crippen LogP contribution in [0.4, 0.5) is 0 Å². The molecule has 20 heavy (non-hydrogen) atoms. The molecular weight excluding hydrogens is 260 g/mol. The number of ether oxygens (including phenoxy) is 1. The molecule has 5 nitrogen and oxygen atoms in total. The van der Waals surface area contributed by atoms with Crippen LogP contribution in [0.2, 0.25) is 0 Å². The van der Waals surface area contributed by atoms with Crippen LogP contribution in [0.5, 0.6) is 0 Å². The summed E-state index contributed by atoms with van der Waals surface area (Å²) >= 11 is 0. The van der Waals surface area contributed by atoms with Gasteiger partial charge in [0.2, 0.25) is 0 Å². The molecule has 0 aromatic rings. The third-order valence-corrected chi connectivity index (χ3v) is 2.63. The third kappa shape index (κ3) is 9.69. The van der Waals surface area contributed by atoms with Gasteiger partial charge in [-0.2, -0.15) is 0 Å². The monoisotopic (exact) mass is 288 g/mol. The molecule has 0 heterocycles. The van der Waals surface area contributed by atoms with Crippen molar-refractivity contribution in [1.29, 1.82) is 0 Å². The van der Waals surface area contributed by atoms with Crippen LogP contribution in [-0.4, -0.2) is 42.3 Å². The van der Waals surface area contributed by atoms with Gasteiger partial charge in [0.25, 0.3) is 0 Å². The van der Waals surface area contributed by atoms with Crippen molar-refractivity contribution >= 4 is 12.3 Å². The Kier molecular flexibility index (Phi) is 10.2. The topological polar surface area (TPSA) is 83.8 Å². The van der Waals surface area contributed by atoms with Crippen molar-refractivity contribution in [2.24, 2.45) is 10.8 Å². The van der Waals surface area contributed by atoms with Gasteiger partial charge in [-0.15, -0.1) is 0 Å². The Hall–Kier alpha value is -1.20. The minimum absolute atomic E-state index is 0.0161. The van der Waals surface area contributed by atoms with E-state index in [1.54, 1.807) is 6.92 Å². The Balaban J connectivity index is 0. The number of hydrogen-bond acceptors (Lipinski definition) is 5. The van der Waals surface area contributed by atoms with Crippen LogP contribution in [0.3, 0.4) is 0 Å². The lowest BCUT2D eigenvalue weighted by molar-refractivity contribution is -0.145. The lowest BCUT2D eigenvalue weighted by Gasteiger charge is -2.27. The van der Waals surface area contributed by atoms with Gasteiger partial charge in [-0.1, -0.05) is 34.3 Å². The van der Waals surface area contributed by atoms with Crippen molar-refractivity contribution in [3.05, 3.63) is 12.2 Å². The molecule has 0 saturated heterocycles. The molecule has 0 saturated carbocycles. The molecule has 0 fully saturated rings.